The van der Waals surface area contributed by atoms with E-state index in [0.29, 0.717) is 30.0 Å². The fourth-order valence-electron chi connectivity index (χ4n) is 4.86. The number of amides is 2. The highest BCUT2D eigenvalue weighted by atomic mass is 35.5. The van der Waals surface area contributed by atoms with E-state index in [1.54, 1.807) is 18.9 Å². The minimum Gasteiger partial charge on any atom is -0.444 e. The Balaban J connectivity index is 1.53. The first kappa shape index (κ1) is 30.6. The predicted molar refractivity (Wildman–Crippen MR) is 149 cm³/mol. The highest BCUT2D eigenvalue weighted by Gasteiger charge is 2.54. The summed E-state index contributed by atoms with van der Waals surface area (Å²) in [6, 6.07) is 3.58. The third-order valence-electron chi connectivity index (χ3n) is 7.61. The average Bonchev–Trinajstić information content (AvgIpc) is 3.56. The third-order valence-corrected chi connectivity index (χ3v) is 8.72. The van der Waals surface area contributed by atoms with Crippen molar-refractivity contribution in [2.75, 3.05) is 11.9 Å². The lowest BCUT2D eigenvalue weighted by Gasteiger charge is -2.20. The number of alkyl halides is 3. The summed E-state index contributed by atoms with van der Waals surface area (Å²) < 4.78 is 49.1. The number of nitrogens with two attached hydrogens (primary N) is 1. The van der Waals surface area contributed by atoms with E-state index in [0.717, 1.165) is 22.1 Å². The van der Waals surface area contributed by atoms with Gasteiger partial charge in [-0.2, -0.15) is 4.99 Å². The maximum absolute atomic E-state index is 13.3. The fraction of sp³-hybridized carbons (Fsp3) is 0.357. The molecule has 0 radical (unpaired) electrons. The van der Waals surface area contributed by atoms with Crippen LogP contribution in [0.1, 0.15) is 48.4 Å². The van der Waals surface area contributed by atoms with Gasteiger partial charge in [-0.25, -0.2) is 14.9 Å². The summed E-state index contributed by atoms with van der Waals surface area (Å²) in [5.74, 6) is -1.06. The summed E-state index contributed by atoms with van der Waals surface area (Å²) in [7, 11) is 1.69. The van der Waals surface area contributed by atoms with Gasteiger partial charge in [0.15, 0.2) is 0 Å². The number of carbonyl (C=O) groups excluding carboxylic acids is 3. The van der Waals surface area contributed by atoms with Gasteiger partial charge < -0.3 is 14.0 Å². The molecule has 0 unspecified atom stereocenters. The van der Waals surface area contributed by atoms with E-state index in [1.165, 1.54) is 22.8 Å². The molecule has 2 amide bonds. The van der Waals surface area contributed by atoms with Gasteiger partial charge in [0.25, 0.3) is 5.91 Å². The van der Waals surface area contributed by atoms with Crippen LogP contribution < -0.4 is 24.6 Å². The number of nitrogens with zero attached hydrogens (tertiary/aromatic N) is 3. The Morgan fingerprint density at radius 2 is 2.00 bits per heavy atom. The molecule has 0 saturated heterocycles. The highest BCUT2D eigenvalue weighted by Crippen LogP contribution is 2.52. The summed E-state index contributed by atoms with van der Waals surface area (Å²) >= 11 is 7.05. The first-order chi connectivity index (χ1) is 20.1. The van der Waals surface area contributed by atoms with Gasteiger partial charge in [-0.05, 0) is 50.5 Å². The Labute approximate surface area is 252 Å². The number of primary amides is 1. The number of aromatic nitrogens is 1. The zero-order valence-corrected chi connectivity index (χ0v) is 25.1. The monoisotopic (exact) mass is 639 g/mol. The maximum Gasteiger partial charge on any atom is 0.573 e. The zero-order valence-electron chi connectivity index (χ0n) is 23.5. The number of ether oxygens (including phenoxy) is 1. The molecule has 228 valence electrons. The first-order valence-electron chi connectivity index (χ1n) is 13.1. The third kappa shape index (κ3) is 5.86. The van der Waals surface area contributed by atoms with Crippen LogP contribution in [0, 0.1) is 18.3 Å². The molecule has 1 aliphatic carbocycles. The molecule has 0 spiro atoms. The number of fused-ring (bicyclic) bond motifs is 1. The standard InChI is InChI=1S/C28H26ClF3N4O6S/c1-13(2)27(8-9-27)25(39)42-36-19(16-6-7-20(18(29)10-16)41-28(30,31)32)12-43-26(36)34-21(37)11-17-14(3)40-24-22(17)23(38)33-15(4)35(24)5/h6-7,10,12-13H,4,8-9,11H2,1-3,5H3,(H,33,38)/p+1. The largest absolute Gasteiger partial charge is 0.573 e. The van der Waals surface area contributed by atoms with E-state index in [4.69, 9.17) is 20.9 Å². The van der Waals surface area contributed by atoms with Crippen molar-refractivity contribution in [2.24, 2.45) is 16.3 Å². The van der Waals surface area contributed by atoms with Gasteiger partial charge >= 0.3 is 18.2 Å². The Morgan fingerprint density at radius 1 is 1.30 bits per heavy atom. The number of benzene rings is 1. The Morgan fingerprint density at radius 3 is 2.60 bits per heavy atom. The van der Waals surface area contributed by atoms with Gasteiger partial charge in [-0.15, -0.1) is 29.2 Å². The lowest BCUT2D eigenvalue weighted by molar-refractivity contribution is -0.505. The molecular formula is C28H27ClF3N4O6S+. The number of carbonyl (C=O) groups is 3. The van der Waals surface area contributed by atoms with Crippen molar-refractivity contribution >= 4 is 46.6 Å². The number of halogens is 4. The topological polar surface area (TPSA) is 120 Å². The maximum atomic E-state index is 13.3. The second-order valence-electron chi connectivity index (χ2n) is 10.6. The molecule has 2 aliphatic rings. The smallest absolute Gasteiger partial charge is 0.444 e. The van der Waals surface area contributed by atoms with E-state index in [1.807, 2.05) is 13.8 Å². The summed E-state index contributed by atoms with van der Waals surface area (Å²) in [6.07, 6.45) is -3.97. The Hall–Kier alpha value is -3.88. The van der Waals surface area contributed by atoms with Crippen LogP contribution in [0.2, 0.25) is 5.02 Å². The second-order valence-corrected chi connectivity index (χ2v) is 11.9. The van der Waals surface area contributed by atoms with Crippen LogP contribution in [0.25, 0.3) is 11.3 Å². The summed E-state index contributed by atoms with van der Waals surface area (Å²) in [5.41, 5.74) is 0.428. The SMILES string of the molecule is C=C1[NH2+]C(=O)c2c(oc(C)c2CC(=O)N=c2scc(-c3ccc(OC(F)(F)F)c(Cl)c3)n2OC(=O)C2(C(C)C)CC2)N1C. The molecule has 0 bridgehead atoms. The molecule has 15 heteroatoms. The van der Waals surface area contributed by atoms with Crippen molar-refractivity contribution in [1.29, 1.82) is 0 Å². The van der Waals surface area contributed by atoms with Gasteiger partial charge in [-0.3, -0.25) is 9.69 Å². The van der Waals surface area contributed by atoms with Gasteiger partial charge in [-0.1, -0.05) is 25.4 Å². The number of aryl methyl sites for hydroxylation is 1. The van der Waals surface area contributed by atoms with Crippen molar-refractivity contribution in [3.8, 4) is 17.0 Å². The molecule has 1 fully saturated rings. The van der Waals surface area contributed by atoms with Crippen LogP contribution in [0.5, 0.6) is 5.75 Å². The summed E-state index contributed by atoms with van der Waals surface area (Å²) in [4.78, 5) is 50.9. The van der Waals surface area contributed by atoms with Gasteiger partial charge in [0.2, 0.25) is 16.5 Å². The number of hydrogen-bond acceptors (Lipinski definition) is 8. The van der Waals surface area contributed by atoms with Gasteiger partial charge in [0.1, 0.15) is 22.8 Å². The van der Waals surface area contributed by atoms with E-state index in [2.05, 4.69) is 16.3 Å². The molecule has 0 atom stereocenters. The molecule has 2 aromatic heterocycles. The Kier molecular flexibility index (Phi) is 7.82. The molecular weight excluding hydrogens is 613 g/mol. The van der Waals surface area contributed by atoms with Crippen LogP contribution in [0.15, 0.2) is 45.4 Å². The zero-order chi connectivity index (χ0) is 31.4. The van der Waals surface area contributed by atoms with Crippen molar-refractivity contribution in [1.82, 2.24) is 4.73 Å². The van der Waals surface area contributed by atoms with Crippen LogP contribution in [0.4, 0.5) is 19.1 Å². The van der Waals surface area contributed by atoms with Crippen molar-refractivity contribution in [2.45, 2.75) is 46.4 Å². The number of rotatable bonds is 7. The van der Waals surface area contributed by atoms with E-state index < -0.39 is 29.4 Å². The molecule has 2 N–H and O–H groups in total. The van der Waals surface area contributed by atoms with E-state index in [9.17, 15) is 27.6 Å². The molecule has 5 rings (SSSR count). The van der Waals surface area contributed by atoms with Crippen LogP contribution in [-0.2, 0) is 16.0 Å². The van der Waals surface area contributed by atoms with Crippen LogP contribution in [0.3, 0.4) is 0 Å². The van der Waals surface area contributed by atoms with Crippen molar-refractivity contribution in [3.63, 3.8) is 0 Å². The molecule has 1 aromatic carbocycles. The lowest BCUT2D eigenvalue weighted by atomic mass is 9.93. The predicted octanol–water partition coefficient (Wildman–Crippen LogP) is 4.36. The minimum absolute atomic E-state index is 0.00181. The van der Waals surface area contributed by atoms with E-state index in [-0.39, 0.29) is 50.8 Å². The Bertz CT molecular complexity index is 1730. The lowest BCUT2D eigenvalue weighted by Crippen LogP contribution is -2.89. The van der Waals surface area contributed by atoms with Crippen LogP contribution in [-0.4, -0.2) is 35.9 Å². The quantitative estimate of drug-likeness (QED) is 0.408. The molecule has 10 nitrogen and oxygen atoms in total. The minimum atomic E-state index is -4.94. The van der Waals surface area contributed by atoms with Gasteiger partial charge in [0.05, 0.1) is 16.9 Å². The number of quaternary nitrogens is 1. The fourth-order valence-corrected chi connectivity index (χ4v) is 5.91. The molecule has 3 aromatic rings. The number of hydrogen-bond donors (Lipinski definition) is 1. The summed E-state index contributed by atoms with van der Waals surface area (Å²) in [6.45, 7) is 9.25. The number of furan rings is 1. The number of anilines is 1. The molecule has 3 heterocycles. The summed E-state index contributed by atoms with van der Waals surface area (Å²) in [5, 5.41) is 2.55. The first-order valence-corrected chi connectivity index (χ1v) is 14.4. The second kappa shape index (κ2) is 11.0. The van der Waals surface area contributed by atoms with Crippen molar-refractivity contribution < 1.29 is 46.9 Å². The van der Waals surface area contributed by atoms with Crippen molar-refractivity contribution in [3.05, 3.63) is 62.7 Å². The van der Waals surface area contributed by atoms with Crippen LogP contribution >= 0.6 is 22.9 Å². The van der Waals surface area contributed by atoms with Gasteiger partial charge in [0, 0.05) is 23.6 Å². The molecule has 1 saturated carbocycles. The molecule has 1 aliphatic heterocycles. The number of thiazole rings is 1. The molecule has 43 heavy (non-hydrogen) atoms. The average molecular weight is 640 g/mol. The van der Waals surface area contributed by atoms with E-state index >= 15 is 0 Å². The highest BCUT2D eigenvalue weighted by molar-refractivity contribution is 7.07. The normalized spacial score (nSPS) is 16.5.